The van der Waals surface area contributed by atoms with E-state index in [1.54, 1.807) is 0 Å². The van der Waals surface area contributed by atoms with E-state index in [9.17, 15) is 4.79 Å². The molecule has 4 heteroatoms. The van der Waals surface area contributed by atoms with Crippen LogP contribution in [0.4, 0.5) is 0 Å². The van der Waals surface area contributed by atoms with E-state index in [2.05, 4.69) is 40.8 Å². The van der Waals surface area contributed by atoms with Gasteiger partial charge in [-0.25, -0.2) is 4.79 Å². The van der Waals surface area contributed by atoms with Gasteiger partial charge in [0.2, 0.25) is 0 Å². The molecule has 0 heterocycles. The van der Waals surface area contributed by atoms with Gasteiger partial charge in [-0.15, -0.1) is 0 Å². The fraction of sp³-hybridized carbons (Fsp3) is 0.812. The summed E-state index contributed by atoms with van der Waals surface area (Å²) >= 11 is 0. The van der Waals surface area contributed by atoms with Crippen LogP contribution in [0.2, 0.25) is 18.1 Å². The molecule has 0 aromatic rings. The molecular formula is C16H32O3Si. The minimum Gasteiger partial charge on any atom is -0.457 e. The molecule has 0 radical (unpaired) electrons. The zero-order valence-electron chi connectivity index (χ0n) is 14.7. The second kappa shape index (κ2) is 6.90. The number of carbonyl (C=O) groups is 1. The highest BCUT2D eigenvalue weighted by molar-refractivity contribution is 6.74. The molecule has 0 amide bonds. The highest BCUT2D eigenvalue weighted by atomic mass is 28.4. The van der Waals surface area contributed by atoms with E-state index in [0.29, 0.717) is 0 Å². The predicted octanol–water partition coefficient (Wildman–Crippen LogP) is 4.68. The highest BCUT2D eigenvalue weighted by Gasteiger charge is 2.38. The summed E-state index contributed by atoms with van der Waals surface area (Å²) in [7, 11) is -1.73. The first-order valence-electron chi connectivity index (χ1n) is 7.32. The smallest absolute Gasteiger partial charge is 0.330 e. The molecule has 0 aliphatic carbocycles. The first kappa shape index (κ1) is 19.4. The minimum absolute atomic E-state index is 0.120. The van der Waals surface area contributed by atoms with Crippen molar-refractivity contribution >= 4 is 14.3 Å². The lowest BCUT2D eigenvalue weighted by atomic mass is 10.2. The largest absolute Gasteiger partial charge is 0.457 e. The normalized spacial score (nSPS) is 15.4. The maximum Gasteiger partial charge on any atom is 0.330 e. The van der Waals surface area contributed by atoms with Crippen molar-refractivity contribution in [1.82, 2.24) is 0 Å². The SMILES string of the molecule is C[C@@H](C/C=C/C(=O)OC(C)(C)C)O[Si](C)(C)C(C)(C)C. The number of ether oxygens (including phenoxy) is 1. The second-order valence-corrected chi connectivity index (χ2v) is 12.6. The molecule has 0 aromatic heterocycles. The van der Waals surface area contributed by atoms with Crippen molar-refractivity contribution in [3.8, 4) is 0 Å². The van der Waals surface area contributed by atoms with E-state index in [1.165, 1.54) is 6.08 Å². The standard InChI is InChI=1S/C16H32O3Si/c1-13(19-20(8,9)16(5,6)7)11-10-12-14(17)18-15(2,3)4/h10,12-13H,11H2,1-9H3/b12-10+/t13-/m0/s1. The van der Waals surface area contributed by atoms with Gasteiger partial charge in [-0.1, -0.05) is 26.8 Å². The second-order valence-electron chi connectivity index (χ2n) is 7.86. The van der Waals surface area contributed by atoms with E-state index in [1.807, 2.05) is 26.8 Å². The van der Waals surface area contributed by atoms with Crippen LogP contribution in [0.3, 0.4) is 0 Å². The molecule has 0 spiro atoms. The Morgan fingerprint density at radius 3 is 2.05 bits per heavy atom. The quantitative estimate of drug-likeness (QED) is 0.420. The van der Waals surface area contributed by atoms with Gasteiger partial charge in [0.05, 0.1) is 0 Å². The molecule has 118 valence electrons. The molecule has 0 aliphatic heterocycles. The van der Waals surface area contributed by atoms with Gasteiger partial charge in [0.15, 0.2) is 8.32 Å². The number of hydrogen-bond donors (Lipinski definition) is 0. The third-order valence-corrected chi connectivity index (χ3v) is 8.03. The zero-order valence-corrected chi connectivity index (χ0v) is 15.7. The van der Waals surface area contributed by atoms with Crippen molar-refractivity contribution in [3.05, 3.63) is 12.2 Å². The maximum absolute atomic E-state index is 11.5. The first-order valence-corrected chi connectivity index (χ1v) is 10.2. The summed E-state index contributed by atoms with van der Waals surface area (Å²) in [5.74, 6) is -0.294. The van der Waals surface area contributed by atoms with Crippen molar-refractivity contribution in [3.63, 3.8) is 0 Å². The van der Waals surface area contributed by atoms with Crippen molar-refractivity contribution in [2.45, 2.75) is 84.7 Å². The van der Waals surface area contributed by atoms with Crippen LogP contribution in [0, 0.1) is 0 Å². The average molecular weight is 301 g/mol. The molecule has 0 saturated carbocycles. The topological polar surface area (TPSA) is 35.5 Å². The summed E-state index contributed by atoms with van der Waals surface area (Å²) in [5.41, 5.74) is -0.440. The molecule has 3 nitrogen and oxygen atoms in total. The summed E-state index contributed by atoms with van der Waals surface area (Å²) in [6, 6.07) is 0. The highest BCUT2D eigenvalue weighted by Crippen LogP contribution is 2.37. The van der Waals surface area contributed by atoms with E-state index in [4.69, 9.17) is 9.16 Å². The molecule has 0 rings (SSSR count). The Kier molecular flexibility index (Phi) is 6.69. The fourth-order valence-electron chi connectivity index (χ4n) is 1.42. The molecule has 20 heavy (non-hydrogen) atoms. The summed E-state index contributed by atoms with van der Waals surface area (Å²) < 4.78 is 11.4. The van der Waals surface area contributed by atoms with Gasteiger partial charge in [0.25, 0.3) is 0 Å². The molecule has 0 saturated heterocycles. The van der Waals surface area contributed by atoms with Gasteiger partial charge in [0.1, 0.15) is 5.60 Å². The lowest BCUT2D eigenvalue weighted by molar-refractivity contribution is -0.148. The molecule has 0 fully saturated rings. The van der Waals surface area contributed by atoms with Gasteiger partial charge in [-0.2, -0.15) is 0 Å². The van der Waals surface area contributed by atoms with Crippen molar-refractivity contribution in [2.75, 3.05) is 0 Å². The fourth-order valence-corrected chi connectivity index (χ4v) is 2.88. The molecule has 0 aromatic carbocycles. The van der Waals surface area contributed by atoms with Crippen LogP contribution in [0.5, 0.6) is 0 Å². The Labute approximate surface area is 125 Å². The molecule has 0 bridgehead atoms. The van der Waals surface area contributed by atoms with Crippen LogP contribution in [-0.4, -0.2) is 26.0 Å². The predicted molar refractivity (Wildman–Crippen MR) is 87.3 cm³/mol. The minimum atomic E-state index is -1.73. The molecule has 0 N–H and O–H groups in total. The third kappa shape index (κ3) is 7.85. The number of esters is 1. The Balaban J connectivity index is 4.31. The Morgan fingerprint density at radius 1 is 1.15 bits per heavy atom. The Bertz CT molecular complexity index is 346. The van der Waals surface area contributed by atoms with E-state index in [-0.39, 0.29) is 17.1 Å². The van der Waals surface area contributed by atoms with Crippen LogP contribution in [0.25, 0.3) is 0 Å². The van der Waals surface area contributed by atoms with Crippen molar-refractivity contribution in [2.24, 2.45) is 0 Å². The zero-order chi connectivity index (χ0) is 16.2. The maximum atomic E-state index is 11.5. The number of hydrogen-bond acceptors (Lipinski definition) is 3. The van der Waals surface area contributed by atoms with Crippen LogP contribution in [0.1, 0.15) is 54.9 Å². The summed E-state index contributed by atoms with van der Waals surface area (Å²) in [6.07, 6.45) is 4.18. The van der Waals surface area contributed by atoms with Gasteiger partial charge in [-0.3, -0.25) is 0 Å². The van der Waals surface area contributed by atoms with Crippen molar-refractivity contribution < 1.29 is 14.0 Å². The van der Waals surface area contributed by atoms with E-state index in [0.717, 1.165) is 6.42 Å². The van der Waals surface area contributed by atoms with Gasteiger partial charge >= 0.3 is 5.97 Å². The monoisotopic (exact) mass is 300 g/mol. The van der Waals surface area contributed by atoms with Gasteiger partial charge < -0.3 is 9.16 Å². The van der Waals surface area contributed by atoms with Crippen LogP contribution < -0.4 is 0 Å². The van der Waals surface area contributed by atoms with Gasteiger partial charge in [0, 0.05) is 12.2 Å². The van der Waals surface area contributed by atoms with Crippen LogP contribution in [0.15, 0.2) is 12.2 Å². The van der Waals surface area contributed by atoms with Crippen molar-refractivity contribution in [1.29, 1.82) is 0 Å². The van der Waals surface area contributed by atoms with Gasteiger partial charge in [-0.05, 0) is 52.2 Å². The Hall–Kier alpha value is -0.613. The molecule has 1 atom stereocenters. The van der Waals surface area contributed by atoms with E-state index < -0.39 is 13.9 Å². The average Bonchev–Trinajstić information content (AvgIpc) is 2.11. The summed E-state index contributed by atoms with van der Waals surface area (Å²) in [6.45, 7) is 18.8. The third-order valence-electron chi connectivity index (χ3n) is 3.43. The van der Waals surface area contributed by atoms with Crippen LogP contribution in [-0.2, 0) is 14.0 Å². The first-order chi connectivity index (χ1) is 8.74. The lowest BCUT2D eigenvalue weighted by Gasteiger charge is -2.38. The number of rotatable bonds is 5. The molecular weight excluding hydrogens is 268 g/mol. The molecule has 0 aliphatic rings. The van der Waals surface area contributed by atoms with E-state index >= 15 is 0 Å². The lowest BCUT2D eigenvalue weighted by Crippen LogP contribution is -2.43. The van der Waals surface area contributed by atoms with Crippen LogP contribution >= 0.6 is 0 Å². The summed E-state index contributed by atoms with van der Waals surface area (Å²) in [5, 5.41) is 0.205. The Morgan fingerprint density at radius 2 is 1.65 bits per heavy atom. The number of carbonyl (C=O) groups excluding carboxylic acids is 1. The molecule has 0 unspecified atom stereocenters. The summed E-state index contributed by atoms with van der Waals surface area (Å²) in [4.78, 5) is 11.5.